The van der Waals surface area contributed by atoms with Crippen LogP contribution in [-0.2, 0) is 9.53 Å². The third-order valence-electron chi connectivity index (χ3n) is 1.82. The van der Waals surface area contributed by atoms with Crippen LogP contribution in [0.1, 0.15) is 5.56 Å². The monoisotopic (exact) mass is 225 g/mol. The summed E-state index contributed by atoms with van der Waals surface area (Å²) in [4.78, 5) is 24.9. The molecule has 0 saturated heterocycles. The van der Waals surface area contributed by atoms with Crippen LogP contribution in [-0.4, -0.2) is 29.5 Å². The van der Waals surface area contributed by atoms with Gasteiger partial charge in [-0.3, -0.25) is 14.9 Å². The molecule has 0 fully saturated rings. The Balaban J connectivity index is 2.81. The predicted octanol–water partition coefficient (Wildman–Crippen LogP) is 0.883. The van der Waals surface area contributed by atoms with E-state index in [1.165, 1.54) is 13.2 Å². The number of methoxy groups -OCH3 is 1. The zero-order valence-corrected chi connectivity index (χ0v) is 8.89. The van der Waals surface area contributed by atoms with Gasteiger partial charge in [0.1, 0.15) is 18.6 Å². The number of anilines is 1. The SMILES string of the molecule is COCC(=O)Nc1cc(C)c([N+](=O)[O-])cn1. The molecule has 0 aliphatic rings. The number of hydrogen-bond acceptors (Lipinski definition) is 5. The Bertz CT molecular complexity index is 419. The van der Waals surface area contributed by atoms with E-state index in [1.807, 2.05) is 0 Å². The number of hydrogen-bond donors (Lipinski definition) is 1. The Morgan fingerprint density at radius 1 is 1.69 bits per heavy atom. The van der Waals surface area contributed by atoms with Crippen LogP contribution in [0, 0.1) is 17.0 Å². The van der Waals surface area contributed by atoms with E-state index in [-0.39, 0.29) is 24.0 Å². The normalized spacial score (nSPS) is 9.88. The van der Waals surface area contributed by atoms with Gasteiger partial charge in [-0.2, -0.15) is 0 Å². The Kier molecular flexibility index (Phi) is 3.90. The highest BCUT2D eigenvalue weighted by atomic mass is 16.6. The molecule has 0 aliphatic carbocycles. The molecule has 0 radical (unpaired) electrons. The van der Waals surface area contributed by atoms with Crippen molar-refractivity contribution in [2.45, 2.75) is 6.92 Å². The molecular weight excluding hydrogens is 214 g/mol. The third kappa shape index (κ3) is 2.99. The van der Waals surface area contributed by atoms with E-state index in [1.54, 1.807) is 6.92 Å². The third-order valence-corrected chi connectivity index (χ3v) is 1.82. The smallest absolute Gasteiger partial charge is 0.290 e. The highest BCUT2D eigenvalue weighted by molar-refractivity contribution is 5.90. The number of ether oxygens (including phenoxy) is 1. The van der Waals surface area contributed by atoms with Crippen LogP contribution < -0.4 is 5.32 Å². The van der Waals surface area contributed by atoms with Crippen molar-refractivity contribution in [1.29, 1.82) is 0 Å². The number of carbonyl (C=O) groups excluding carboxylic acids is 1. The van der Waals surface area contributed by atoms with E-state index in [0.29, 0.717) is 5.56 Å². The molecule has 0 aliphatic heterocycles. The molecular formula is C9H11N3O4. The number of carbonyl (C=O) groups is 1. The van der Waals surface area contributed by atoms with Gasteiger partial charge in [0.25, 0.3) is 11.6 Å². The summed E-state index contributed by atoms with van der Waals surface area (Å²) >= 11 is 0. The molecule has 0 spiro atoms. The van der Waals surface area contributed by atoms with Crippen LogP contribution in [0.2, 0.25) is 0 Å². The van der Waals surface area contributed by atoms with Gasteiger partial charge in [0.2, 0.25) is 0 Å². The minimum absolute atomic E-state index is 0.0789. The van der Waals surface area contributed by atoms with Gasteiger partial charge in [0.05, 0.1) is 4.92 Å². The second kappa shape index (κ2) is 5.17. The molecule has 1 aromatic rings. The molecule has 0 atom stereocenters. The fourth-order valence-corrected chi connectivity index (χ4v) is 1.12. The van der Waals surface area contributed by atoms with Crippen LogP contribution in [0.4, 0.5) is 11.5 Å². The van der Waals surface area contributed by atoms with Gasteiger partial charge >= 0.3 is 0 Å². The van der Waals surface area contributed by atoms with E-state index < -0.39 is 4.92 Å². The largest absolute Gasteiger partial charge is 0.375 e. The molecule has 0 saturated carbocycles. The lowest BCUT2D eigenvalue weighted by Gasteiger charge is -2.04. The predicted molar refractivity (Wildman–Crippen MR) is 56.1 cm³/mol. The first-order valence-electron chi connectivity index (χ1n) is 4.44. The maximum Gasteiger partial charge on any atom is 0.290 e. The molecule has 1 N–H and O–H groups in total. The highest BCUT2D eigenvalue weighted by Gasteiger charge is 2.12. The zero-order valence-electron chi connectivity index (χ0n) is 8.89. The number of nitrogens with zero attached hydrogens (tertiary/aromatic N) is 2. The van der Waals surface area contributed by atoms with E-state index in [2.05, 4.69) is 15.0 Å². The molecule has 7 nitrogen and oxygen atoms in total. The molecule has 1 amide bonds. The fourth-order valence-electron chi connectivity index (χ4n) is 1.12. The molecule has 0 unspecified atom stereocenters. The topological polar surface area (TPSA) is 94.4 Å². The van der Waals surface area contributed by atoms with E-state index in [0.717, 1.165) is 6.20 Å². The Labute approximate surface area is 91.6 Å². The summed E-state index contributed by atoms with van der Waals surface area (Å²) in [7, 11) is 1.40. The van der Waals surface area contributed by atoms with Gasteiger partial charge in [-0.05, 0) is 13.0 Å². The van der Waals surface area contributed by atoms with Crippen LogP contribution in [0.5, 0.6) is 0 Å². The molecule has 1 heterocycles. The first kappa shape index (κ1) is 12.1. The van der Waals surface area contributed by atoms with E-state index in [9.17, 15) is 14.9 Å². The number of rotatable bonds is 4. The van der Waals surface area contributed by atoms with Crippen molar-refractivity contribution < 1.29 is 14.5 Å². The van der Waals surface area contributed by atoms with Gasteiger partial charge in [-0.1, -0.05) is 0 Å². The molecule has 0 aromatic carbocycles. The van der Waals surface area contributed by atoms with Crippen LogP contribution in [0.3, 0.4) is 0 Å². The average Bonchev–Trinajstić information content (AvgIpc) is 2.17. The molecule has 86 valence electrons. The number of amides is 1. The highest BCUT2D eigenvalue weighted by Crippen LogP contribution is 2.18. The van der Waals surface area contributed by atoms with Gasteiger partial charge in [0, 0.05) is 12.7 Å². The van der Waals surface area contributed by atoms with Crippen molar-refractivity contribution >= 4 is 17.4 Å². The van der Waals surface area contributed by atoms with E-state index in [4.69, 9.17) is 0 Å². The number of nitrogens with one attached hydrogen (secondary N) is 1. The summed E-state index contributed by atoms with van der Waals surface area (Å²) in [6.07, 6.45) is 1.11. The van der Waals surface area contributed by atoms with Crippen molar-refractivity contribution in [3.8, 4) is 0 Å². The summed E-state index contributed by atoms with van der Waals surface area (Å²) in [6, 6.07) is 1.44. The van der Waals surface area contributed by atoms with Crippen molar-refractivity contribution in [3.63, 3.8) is 0 Å². The number of aryl methyl sites for hydroxylation is 1. The van der Waals surface area contributed by atoms with Crippen LogP contribution in [0.15, 0.2) is 12.3 Å². The molecule has 0 bridgehead atoms. The number of aromatic nitrogens is 1. The van der Waals surface area contributed by atoms with Gasteiger partial charge < -0.3 is 10.1 Å². The zero-order chi connectivity index (χ0) is 12.1. The maximum absolute atomic E-state index is 11.1. The minimum Gasteiger partial charge on any atom is -0.375 e. The van der Waals surface area contributed by atoms with Crippen LogP contribution in [0.25, 0.3) is 0 Å². The van der Waals surface area contributed by atoms with Gasteiger partial charge in [-0.15, -0.1) is 0 Å². The Morgan fingerprint density at radius 2 is 2.38 bits per heavy atom. The standard InChI is InChI=1S/C9H11N3O4/c1-6-3-8(11-9(13)5-16-2)10-4-7(6)12(14)15/h3-4H,5H2,1-2H3,(H,10,11,13). The van der Waals surface area contributed by atoms with Crippen LogP contribution >= 0.6 is 0 Å². The number of pyridine rings is 1. The molecule has 1 aromatic heterocycles. The fraction of sp³-hybridized carbons (Fsp3) is 0.333. The quantitative estimate of drug-likeness (QED) is 0.606. The second-order valence-corrected chi connectivity index (χ2v) is 3.09. The minimum atomic E-state index is -0.525. The van der Waals surface area contributed by atoms with Gasteiger partial charge in [-0.25, -0.2) is 4.98 Å². The summed E-state index contributed by atoms with van der Waals surface area (Å²) < 4.78 is 4.62. The summed E-state index contributed by atoms with van der Waals surface area (Å²) in [5.74, 6) is -0.0894. The van der Waals surface area contributed by atoms with Crippen molar-refractivity contribution in [1.82, 2.24) is 4.98 Å². The maximum atomic E-state index is 11.1. The lowest BCUT2D eigenvalue weighted by Crippen LogP contribution is -2.18. The lowest BCUT2D eigenvalue weighted by atomic mass is 10.2. The summed E-state index contributed by atoms with van der Waals surface area (Å²) in [6.45, 7) is 1.49. The Hall–Kier alpha value is -2.02. The summed E-state index contributed by atoms with van der Waals surface area (Å²) in [5, 5.41) is 13.0. The molecule has 16 heavy (non-hydrogen) atoms. The number of nitro groups is 1. The van der Waals surface area contributed by atoms with Crippen molar-refractivity contribution in [2.24, 2.45) is 0 Å². The summed E-state index contributed by atoms with van der Waals surface area (Å²) in [5.41, 5.74) is 0.359. The second-order valence-electron chi connectivity index (χ2n) is 3.09. The molecule has 1 rings (SSSR count). The Morgan fingerprint density at radius 3 is 2.88 bits per heavy atom. The lowest BCUT2D eigenvalue weighted by molar-refractivity contribution is -0.385. The first-order valence-corrected chi connectivity index (χ1v) is 4.44. The average molecular weight is 225 g/mol. The van der Waals surface area contributed by atoms with Gasteiger partial charge in [0.15, 0.2) is 0 Å². The van der Waals surface area contributed by atoms with E-state index >= 15 is 0 Å². The first-order chi connectivity index (χ1) is 7.54. The van der Waals surface area contributed by atoms with Crippen molar-refractivity contribution in [3.05, 3.63) is 27.9 Å². The van der Waals surface area contributed by atoms with Crippen molar-refractivity contribution in [2.75, 3.05) is 19.0 Å². The molecule has 7 heteroatoms.